The molecular weight excluding hydrogens is 258 g/mol. The molecule has 0 amide bonds. The van der Waals surface area contributed by atoms with Crippen LogP contribution in [0.1, 0.15) is 6.92 Å². The van der Waals surface area contributed by atoms with Gasteiger partial charge in [0.05, 0.1) is 11.7 Å². The number of carboxylic acids is 1. The monoisotopic (exact) mass is 269 g/mol. The van der Waals surface area contributed by atoms with E-state index < -0.39 is 21.2 Å². The van der Waals surface area contributed by atoms with Gasteiger partial charge in [0.25, 0.3) is 0 Å². The van der Waals surface area contributed by atoms with Gasteiger partial charge in [0.2, 0.25) is 10.0 Å². The predicted molar refractivity (Wildman–Crippen MR) is 65.7 cm³/mol. The molecule has 1 heterocycles. The number of aliphatic carboxylic acids is 1. The van der Waals surface area contributed by atoms with Crippen LogP contribution in [0, 0.1) is 0 Å². The Morgan fingerprint density at radius 3 is 2.89 bits per heavy atom. The molecule has 0 fully saturated rings. The topological polar surface area (TPSA) is 112 Å². The first kappa shape index (κ1) is 12.4. The molecule has 0 radical (unpaired) electrons. The van der Waals surface area contributed by atoms with Crippen molar-refractivity contribution in [1.82, 2.24) is 10.2 Å². The quantitative estimate of drug-likeness (QED) is 0.759. The van der Waals surface area contributed by atoms with E-state index in [0.717, 1.165) is 17.8 Å². The Morgan fingerprint density at radius 1 is 1.50 bits per heavy atom. The second kappa shape index (κ2) is 4.30. The summed E-state index contributed by atoms with van der Waals surface area (Å²) in [6, 6.07) is 4.77. The molecule has 0 bridgehead atoms. The van der Waals surface area contributed by atoms with Crippen molar-refractivity contribution in [1.29, 1.82) is 0 Å². The van der Waals surface area contributed by atoms with Crippen LogP contribution in [-0.4, -0.2) is 34.9 Å². The molecule has 1 aromatic heterocycles. The molecule has 2 rings (SSSR count). The van der Waals surface area contributed by atoms with E-state index >= 15 is 0 Å². The van der Waals surface area contributed by atoms with E-state index in [-0.39, 0.29) is 0 Å². The lowest BCUT2D eigenvalue weighted by molar-refractivity contribution is -0.136. The molecule has 0 spiro atoms. The first-order valence-corrected chi connectivity index (χ1v) is 6.62. The first-order chi connectivity index (χ1) is 8.40. The van der Waals surface area contributed by atoms with Gasteiger partial charge < -0.3 is 5.11 Å². The van der Waals surface area contributed by atoms with Crippen LogP contribution in [0.15, 0.2) is 24.4 Å². The molecule has 8 heteroatoms. The normalized spacial score (nSPS) is 13.4. The van der Waals surface area contributed by atoms with E-state index in [0.29, 0.717) is 5.69 Å². The molecule has 1 unspecified atom stereocenters. The molecular formula is C10H11N3O4S. The number of fused-ring (bicyclic) bond motifs is 1. The van der Waals surface area contributed by atoms with Gasteiger partial charge in [-0.1, -0.05) is 0 Å². The number of nitrogens with zero attached hydrogens (tertiary/aromatic N) is 1. The minimum atomic E-state index is -3.94. The van der Waals surface area contributed by atoms with Crippen LogP contribution in [0.5, 0.6) is 0 Å². The molecule has 2 aromatic rings. The zero-order valence-corrected chi connectivity index (χ0v) is 10.2. The summed E-state index contributed by atoms with van der Waals surface area (Å²) in [7, 11) is -3.94. The standard InChI is InChI=1S/C10H11N3O4S/c1-6(10(14)15)18(16,17)13-8-2-3-9-7(4-8)5-11-12-9/h2-6,13H,1H3,(H,11,12)(H,14,15). The van der Waals surface area contributed by atoms with Crippen LogP contribution < -0.4 is 4.72 Å². The number of hydrogen-bond acceptors (Lipinski definition) is 4. The minimum Gasteiger partial charge on any atom is -0.480 e. The second-order valence-electron chi connectivity index (χ2n) is 3.80. The Kier molecular flexibility index (Phi) is 2.95. The number of hydrogen-bond donors (Lipinski definition) is 3. The van der Waals surface area contributed by atoms with Crippen molar-refractivity contribution < 1.29 is 18.3 Å². The third-order valence-electron chi connectivity index (χ3n) is 2.51. The van der Waals surface area contributed by atoms with Crippen LogP contribution in [0.3, 0.4) is 0 Å². The maximum atomic E-state index is 11.7. The van der Waals surface area contributed by atoms with Gasteiger partial charge in [-0.3, -0.25) is 14.6 Å². The number of rotatable bonds is 4. The van der Waals surface area contributed by atoms with Gasteiger partial charge in [-0.05, 0) is 25.1 Å². The van der Waals surface area contributed by atoms with Gasteiger partial charge in [-0.2, -0.15) is 5.10 Å². The van der Waals surface area contributed by atoms with Crippen LogP contribution in [-0.2, 0) is 14.8 Å². The maximum Gasteiger partial charge on any atom is 0.323 e. The number of sulfonamides is 1. The average molecular weight is 269 g/mol. The van der Waals surface area contributed by atoms with Crippen molar-refractivity contribution >= 4 is 32.6 Å². The van der Waals surface area contributed by atoms with Crippen LogP contribution >= 0.6 is 0 Å². The number of aromatic nitrogens is 2. The number of aromatic amines is 1. The molecule has 7 nitrogen and oxygen atoms in total. The number of carbonyl (C=O) groups is 1. The van der Waals surface area contributed by atoms with E-state index in [1.54, 1.807) is 18.3 Å². The van der Waals surface area contributed by atoms with Crippen molar-refractivity contribution in [2.45, 2.75) is 12.2 Å². The van der Waals surface area contributed by atoms with E-state index in [4.69, 9.17) is 5.11 Å². The summed E-state index contributed by atoms with van der Waals surface area (Å²) in [5.74, 6) is -1.40. The summed E-state index contributed by atoms with van der Waals surface area (Å²) >= 11 is 0. The number of carboxylic acid groups (broad SMARTS) is 1. The maximum absolute atomic E-state index is 11.7. The molecule has 0 saturated heterocycles. The lowest BCUT2D eigenvalue weighted by atomic mass is 10.2. The molecule has 96 valence electrons. The highest BCUT2D eigenvalue weighted by Crippen LogP contribution is 2.18. The molecule has 3 N–H and O–H groups in total. The Balaban J connectivity index is 2.30. The van der Waals surface area contributed by atoms with Gasteiger partial charge in [0, 0.05) is 11.1 Å². The average Bonchev–Trinajstić information content (AvgIpc) is 2.74. The first-order valence-electron chi connectivity index (χ1n) is 5.08. The summed E-state index contributed by atoms with van der Waals surface area (Å²) in [5, 5.41) is 14.5. The summed E-state index contributed by atoms with van der Waals surface area (Å²) in [6.45, 7) is 1.11. The van der Waals surface area contributed by atoms with E-state index in [1.807, 2.05) is 0 Å². The SMILES string of the molecule is CC(C(=O)O)S(=O)(=O)Nc1ccc2[nH]ncc2c1. The molecule has 18 heavy (non-hydrogen) atoms. The molecule has 0 aliphatic carbocycles. The highest BCUT2D eigenvalue weighted by atomic mass is 32.2. The Morgan fingerprint density at radius 2 is 2.22 bits per heavy atom. The second-order valence-corrected chi connectivity index (χ2v) is 5.80. The Bertz CT molecular complexity index is 692. The fourth-order valence-corrected chi connectivity index (χ4v) is 2.29. The zero-order chi connectivity index (χ0) is 13.3. The van der Waals surface area contributed by atoms with Crippen molar-refractivity contribution in [3.8, 4) is 0 Å². The van der Waals surface area contributed by atoms with Gasteiger partial charge in [-0.15, -0.1) is 0 Å². The van der Waals surface area contributed by atoms with Gasteiger partial charge in [0.15, 0.2) is 5.25 Å². The lowest BCUT2D eigenvalue weighted by Gasteiger charge is -2.11. The summed E-state index contributed by atoms with van der Waals surface area (Å²) in [4.78, 5) is 10.7. The van der Waals surface area contributed by atoms with Crippen molar-refractivity contribution in [2.24, 2.45) is 0 Å². The number of benzene rings is 1. The summed E-state index contributed by atoms with van der Waals surface area (Å²) < 4.78 is 25.6. The fraction of sp³-hybridized carbons (Fsp3) is 0.200. The predicted octanol–water partition coefficient (Wildman–Crippen LogP) is 0.778. The van der Waals surface area contributed by atoms with Crippen molar-refractivity contribution in [2.75, 3.05) is 4.72 Å². The highest BCUT2D eigenvalue weighted by molar-refractivity contribution is 7.94. The third kappa shape index (κ3) is 2.28. The van der Waals surface area contributed by atoms with Crippen LogP contribution in [0.25, 0.3) is 10.9 Å². The largest absolute Gasteiger partial charge is 0.480 e. The van der Waals surface area contributed by atoms with Crippen LogP contribution in [0.2, 0.25) is 0 Å². The Hall–Kier alpha value is -2.09. The fourth-order valence-electron chi connectivity index (χ4n) is 1.39. The van der Waals surface area contributed by atoms with Crippen LogP contribution in [0.4, 0.5) is 5.69 Å². The van der Waals surface area contributed by atoms with Gasteiger partial charge in [0.1, 0.15) is 0 Å². The zero-order valence-electron chi connectivity index (χ0n) is 9.41. The van der Waals surface area contributed by atoms with E-state index in [2.05, 4.69) is 14.9 Å². The van der Waals surface area contributed by atoms with E-state index in [9.17, 15) is 13.2 Å². The highest BCUT2D eigenvalue weighted by Gasteiger charge is 2.27. The number of nitrogens with one attached hydrogen (secondary N) is 2. The summed E-state index contributed by atoms with van der Waals surface area (Å²) in [5.41, 5.74) is 1.07. The molecule has 1 atom stereocenters. The third-order valence-corrected chi connectivity index (χ3v) is 4.17. The molecule has 0 aliphatic rings. The molecule has 0 aliphatic heterocycles. The Labute approximate surface area is 103 Å². The lowest BCUT2D eigenvalue weighted by Crippen LogP contribution is -2.32. The van der Waals surface area contributed by atoms with Crippen molar-refractivity contribution in [3.05, 3.63) is 24.4 Å². The number of anilines is 1. The van der Waals surface area contributed by atoms with E-state index in [1.165, 1.54) is 6.07 Å². The number of H-pyrrole nitrogens is 1. The molecule has 0 saturated carbocycles. The van der Waals surface area contributed by atoms with Crippen molar-refractivity contribution in [3.63, 3.8) is 0 Å². The molecule has 1 aromatic carbocycles. The minimum absolute atomic E-state index is 0.303. The van der Waals surface area contributed by atoms with Gasteiger partial charge >= 0.3 is 5.97 Å². The summed E-state index contributed by atoms with van der Waals surface area (Å²) in [6.07, 6.45) is 1.55. The van der Waals surface area contributed by atoms with Gasteiger partial charge in [-0.25, -0.2) is 8.42 Å². The smallest absolute Gasteiger partial charge is 0.323 e.